The molecule has 1 aromatic carbocycles. The van der Waals surface area contributed by atoms with E-state index < -0.39 is 0 Å². The van der Waals surface area contributed by atoms with Gasteiger partial charge in [0.2, 0.25) is 0 Å². The second kappa shape index (κ2) is 5.87. The Balaban J connectivity index is 2.39. The number of benzene rings is 1. The van der Waals surface area contributed by atoms with E-state index in [4.69, 9.17) is 16.3 Å². The molecule has 0 radical (unpaired) electrons. The zero-order chi connectivity index (χ0) is 13.0. The van der Waals surface area contributed by atoms with Crippen LogP contribution in [0.2, 0.25) is 0 Å². The van der Waals surface area contributed by atoms with Crippen LogP contribution in [0.1, 0.15) is 12.8 Å². The number of fused-ring (bicyclic) bond motifs is 1. The number of rotatable bonds is 5. The first-order chi connectivity index (χ1) is 8.76. The zero-order valence-electron chi connectivity index (χ0n) is 10.2. The molecule has 0 saturated heterocycles. The maximum Gasteiger partial charge on any atom is 0.261 e. The van der Waals surface area contributed by atoms with E-state index in [0.717, 1.165) is 12.8 Å². The van der Waals surface area contributed by atoms with Crippen LogP contribution in [0.15, 0.2) is 29.3 Å². The number of ether oxygens (including phenoxy) is 1. The number of nitrogens with zero attached hydrogens (tertiary/aromatic N) is 2. The quantitative estimate of drug-likeness (QED) is 0.617. The lowest BCUT2D eigenvalue weighted by Gasteiger charge is -2.06. The Bertz CT molecular complexity index is 595. The predicted octanol–water partition coefficient (Wildman–Crippen LogP) is 2.42. The molecule has 0 atom stereocenters. The average molecular weight is 267 g/mol. The lowest BCUT2D eigenvalue weighted by atomic mass is 10.2. The van der Waals surface area contributed by atoms with Crippen molar-refractivity contribution < 1.29 is 4.74 Å². The van der Waals surface area contributed by atoms with E-state index in [-0.39, 0.29) is 5.56 Å². The molecule has 0 bridgehead atoms. The lowest BCUT2D eigenvalue weighted by Crippen LogP contribution is -2.20. The van der Waals surface area contributed by atoms with Gasteiger partial charge in [0.15, 0.2) is 0 Å². The fourth-order valence-electron chi connectivity index (χ4n) is 1.80. The summed E-state index contributed by atoms with van der Waals surface area (Å²) < 4.78 is 6.74. The van der Waals surface area contributed by atoms with E-state index in [9.17, 15) is 4.79 Å². The Morgan fingerprint density at radius 1 is 1.39 bits per heavy atom. The number of hydrogen-bond acceptors (Lipinski definition) is 3. The third-order valence-electron chi connectivity index (χ3n) is 2.81. The molecule has 0 unspecified atom stereocenters. The molecular formula is C13H15ClN2O2. The van der Waals surface area contributed by atoms with E-state index in [1.54, 1.807) is 36.2 Å². The molecule has 5 heteroatoms. The highest BCUT2D eigenvalue weighted by Crippen LogP contribution is 2.15. The summed E-state index contributed by atoms with van der Waals surface area (Å²) >= 11 is 5.62. The Labute approximate surface area is 110 Å². The summed E-state index contributed by atoms with van der Waals surface area (Å²) in [6.07, 6.45) is 3.36. The molecule has 0 aliphatic heterocycles. The van der Waals surface area contributed by atoms with Gasteiger partial charge in [0.1, 0.15) is 5.75 Å². The highest BCUT2D eigenvalue weighted by atomic mass is 35.5. The van der Waals surface area contributed by atoms with Crippen molar-refractivity contribution >= 4 is 22.5 Å². The molecule has 0 saturated carbocycles. The van der Waals surface area contributed by atoms with Crippen molar-refractivity contribution in [2.24, 2.45) is 0 Å². The summed E-state index contributed by atoms with van der Waals surface area (Å²) in [5.41, 5.74) is 0.655. The Morgan fingerprint density at radius 3 is 2.94 bits per heavy atom. The topological polar surface area (TPSA) is 44.1 Å². The molecule has 4 nitrogen and oxygen atoms in total. The van der Waals surface area contributed by atoms with Crippen molar-refractivity contribution in [2.75, 3.05) is 13.0 Å². The van der Waals surface area contributed by atoms with Crippen LogP contribution >= 0.6 is 11.6 Å². The second-order valence-electron chi connectivity index (χ2n) is 4.02. The third-order valence-corrected chi connectivity index (χ3v) is 3.08. The minimum Gasteiger partial charge on any atom is -0.497 e. The number of halogens is 1. The van der Waals surface area contributed by atoms with Crippen LogP contribution in [-0.4, -0.2) is 22.5 Å². The Hall–Kier alpha value is -1.55. The molecular weight excluding hydrogens is 252 g/mol. The van der Waals surface area contributed by atoms with Crippen molar-refractivity contribution in [3.05, 3.63) is 34.9 Å². The van der Waals surface area contributed by atoms with E-state index in [1.807, 2.05) is 0 Å². The highest BCUT2D eigenvalue weighted by Gasteiger charge is 2.05. The molecule has 0 fully saturated rings. The van der Waals surface area contributed by atoms with E-state index >= 15 is 0 Å². The first-order valence-corrected chi connectivity index (χ1v) is 6.39. The molecule has 0 spiro atoms. The summed E-state index contributed by atoms with van der Waals surface area (Å²) in [6, 6.07) is 5.31. The summed E-state index contributed by atoms with van der Waals surface area (Å²) in [5, 5.41) is 0.586. The molecule has 0 N–H and O–H groups in total. The molecule has 1 heterocycles. The molecule has 2 aromatic rings. The van der Waals surface area contributed by atoms with Crippen LogP contribution in [0.3, 0.4) is 0 Å². The molecule has 0 aliphatic carbocycles. The number of unbranched alkanes of at least 4 members (excludes halogenated alkanes) is 1. The fourth-order valence-corrected chi connectivity index (χ4v) is 1.99. The second-order valence-corrected chi connectivity index (χ2v) is 4.40. The monoisotopic (exact) mass is 266 g/mol. The number of hydrogen-bond donors (Lipinski definition) is 0. The van der Waals surface area contributed by atoms with Gasteiger partial charge in [-0.1, -0.05) is 0 Å². The molecule has 2 rings (SSSR count). The first kappa shape index (κ1) is 12.9. The van der Waals surface area contributed by atoms with Gasteiger partial charge in [0, 0.05) is 12.4 Å². The molecule has 96 valence electrons. The summed E-state index contributed by atoms with van der Waals surface area (Å²) in [7, 11) is 1.58. The minimum absolute atomic E-state index is 0.0338. The van der Waals surface area contributed by atoms with Gasteiger partial charge >= 0.3 is 0 Å². The maximum atomic E-state index is 12.2. The van der Waals surface area contributed by atoms with Gasteiger partial charge in [0.25, 0.3) is 5.56 Å². The van der Waals surface area contributed by atoms with E-state index in [0.29, 0.717) is 29.1 Å². The van der Waals surface area contributed by atoms with Crippen molar-refractivity contribution in [3.8, 4) is 5.75 Å². The maximum absolute atomic E-state index is 12.2. The largest absolute Gasteiger partial charge is 0.497 e. The Morgan fingerprint density at radius 2 is 2.22 bits per heavy atom. The molecule has 0 aliphatic rings. The number of aromatic nitrogens is 2. The van der Waals surface area contributed by atoms with Gasteiger partial charge in [-0.2, -0.15) is 0 Å². The Kier molecular flexibility index (Phi) is 4.20. The van der Waals surface area contributed by atoms with Gasteiger partial charge in [-0.05, 0) is 31.0 Å². The van der Waals surface area contributed by atoms with Gasteiger partial charge in [0.05, 0.1) is 24.3 Å². The average Bonchev–Trinajstić information content (AvgIpc) is 2.41. The number of aryl methyl sites for hydroxylation is 1. The lowest BCUT2D eigenvalue weighted by molar-refractivity contribution is 0.415. The molecule has 1 aromatic heterocycles. The van der Waals surface area contributed by atoms with Crippen LogP contribution in [0.4, 0.5) is 0 Å². The highest BCUT2D eigenvalue weighted by molar-refractivity contribution is 6.17. The third kappa shape index (κ3) is 2.64. The normalized spacial score (nSPS) is 10.8. The van der Waals surface area contributed by atoms with Crippen LogP contribution < -0.4 is 10.3 Å². The number of alkyl halides is 1. The van der Waals surface area contributed by atoms with Gasteiger partial charge in [-0.25, -0.2) is 4.98 Å². The van der Waals surface area contributed by atoms with Gasteiger partial charge in [-0.15, -0.1) is 11.6 Å². The zero-order valence-corrected chi connectivity index (χ0v) is 11.0. The van der Waals surface area contributed by atoms with Crippen LogP contribution in [-0.2, 0) is 6.54 Å². The van der Waals surface area contributed by atoms with Gasteiger partial charge in [-0.3, -0.25) is 9.36 Å². The summed E-state index contributed by atoms with van der Waals surface area (Å²) in [6.45, 7) is 0.645. The minimum atomic E-state index is -0.0338. The molecule has 0 amide bonds. The number of methoxy groups -OCH3 is 1. The van der Waals surface area contributed by atoms with Gasteiger partial charge < -0.3 is 4.74 Å². The summed E-state index contributed by atoms with van der Waals surface area (Å²) in [4.78, 5) is 16.5. The van der Waals surface area contributed by atoms with Crippen LogP contribution in [0, 0.1) is 0 Å². The fraction of sp³-hybridized carbons (Fsp3) is 0.385. The van der Waals surface area contributed by atoms with E-state index in [1.165, 1.54) is 0 Å². The SMILES string of the molecule is COc1ccc2ncn(CCCCCl)c(=O)c2c1. The van der Waals surface area contributed by atoms with Crippen LogP contribution in [0.25, 0.3) is 10.9 Å². The smallest absolute Gasteiger partial charge is 0.261 e. The van der Waals surface area contributed by atoms with Crippen molar-refractivity contribution in [1.29, 1.82) is 0 Å². The van der Waals surface area contributed by atoms with Crippen molar-refractivity contribution in [3.63, 3.8) is 0 Å². The van der Waals surface area contributed by atoms with Crippen LogP contribution in [0.5, 0.6) is 5.75 Å². The first-order valence-electron chi connectivity index (χ1n) is 5.85. The molecule has 18 heavy (non-hydrogen) atoms. The van der Waals surface area contributed by atoms with Crippen molar-refractivity contribution in [2.45, 2.75) is 19.4 Å². The standard InChI is InChI=1S/C13H15ClN2O2/c1-18-10-4-5-12-11(8-10)13(17)16(9-15-12)7-3-2-6-14/h4-5,8-9H,2-3,6-7H2,1H3. The van der Waals surface area contributed by atoms with Crippen molar-refractivity contribution in [1.82, 2.24) is 9.55 Å². The predicted molar refractivity (Wildman–Crippen MR) is 72.5 cm³/mol. The summed E-state index contributed by atoms with van der Waals surface area (Å²) in [5.74, 6) is 1.28. The van der Waals surface area contributed by atoms with E-state index in [2.05, 4.69) is 4.98 Å².